The van der Waals surface area contributed by atoms with Crippen LogP contribution in [0.2, 0.25) is 0 Å². The van der Waals surface area contributed by atoms with Gasteiger partial charge in [0.2, 0.25) is 0 Å². The van der Waals surface area contributed by atoms with Gasteiger partial charge in [0, 0.05) is 65.2 Å². The third-order valence-corrected chi connectivity index (χ3v) is 8.84. The molecule has 46 heavy (non-hydrogen) atoms. The molecule has 0 heterocycles. The summed E-state index contributed by atoms with van der Waals surface area (Å²) in [5, 5.41) is 0. The average Bonchev–Trinajstić information content (AvgIpc) is 2.96. The van der Waals surface area contributed by atoms with Crippen molar-refractivity contribution in [2.24, 2.45) is 10.8 Å². The minimum Gasteiger partial charge on any atom is -0.378 e. The van der Waals surface area contributed by atoms with Crippen LogP contribution in [-0.4, -0.2) is 63.9 Å². The standard InChI is InChI=1S/2C19H23NO3/c2*1-18(2)12-16(22)19(10-5-11-21,17(23)13-18)14-6-8-15(9-7-14)20(3)4/h2*5-11H,12-13H2,1-4H3/b2*10-5+. The van der Waals surface area contributed by atoms with Gasteiger partial charge in [-0.25, -0.2) is 0 Å². The average molecular weight is 627 g/mol. The third-order valence-electron chi connectivity index (χ3n) is 8.84. The number of benzene rings is 2. The molecular formula is C38H46N2O6. The van der Waals surface area contributed by atoms with Crippen LogP contribution in [0.15, 0.2) is 72.8 Å². The van der Waals surface area contributed by atoms with Crippen molar-refractivity contribution in [3.63, 3.8) is 0 Å². The Labute approximate surface area is 272 Å². The molecule has 0 radical (unpaired) electrons. The first-order valence-electron chi connectivity index (χ1n) is 15.4. The highest BCUT2D eigenvalue weighted by Gasteiger charge is 2.52. The maximum atomic E-state index is 12.9. The molecule has 2 aliphatic carbocycles. The van der Waals surface area contributed by atoms with Crippen molar-refractivity contribution in [1.82, 2.24) is 0 Å². The second kappa shape index (κ2) is 13.9. The van der Waals surface area contributed by atoms with Gasteiger partial charge in [0.15, 0.2) is 23.1 Å². The fourth-order valence-corrected chi connectivity index (χ4v) is 6.35. The van der Waals surface area contributed by atoms with Gasteiger partial charge in [-0.3, -0.25) is 28.8 Å². The van der Waals surface area contributed by atoms with Gasteiger partial charge in [-0.1, -0.05) is 64.1 Å². The van der Waals surface area contributed by atoms with Gasteiger partial charge in [-0.05, 0) is 58.4 Å². The van der Waals surface area contributed by atoms with Gasteiger partial charge in [-0.15, -0.1) is 0 Å². The van der Waals surface area contributed by atoms with Crippen LogP contribution >= 0.6 is 0 Å². The first-order valence-corrected chi connectivity index (χ1v) is 15.4. The summed E-state index contributed by atoms with van der Waals surface area (Å²) in [5.41, 5.74) is -0.105. The van der Waals surface area contributed by atoms with Gasteiger partial charge in [0.1, 0.15) is 23.4 Å². The van der Waals surface area contributed by atoms with E-state index in [2.05, 4.69) is 0 Å². The Hall–Kier alpha value is -4.46. The predicted molar refractivity (Wildman–Crippen MR) is 181 cm³/mol. The molecule has 2 aromatic rings. The van der Waals surface area contributed by atoms with Crippen LogP contribution in [0.1, 0.15) is 64.5 Å². The number of hydrogen-bond donors (Lipinski definition) is 0. The topological polar surface area (TPSA) is 109 Å². The normalized spacial score (nSPS) is 19.8. The number of carbonyl (C=O) groups excluding carboxylic acids is 6. The Morgan fingerprint density at radius 2 is 0.761 bits per heavy atom. The van der Waals surface area contributed by atoms with Gasteiger partial charge in [0.05, 0.1) is 0 Å². The summed E-state index contributed by atoms with van der Waals surface area (Å²) in [6.45, 7) is 7.69. The van der Waals surface area contributed by atoms with Gasteiger partial charge in [-0.2, -0.15) is 0 Å². The number of aldehydes is 2. The number of Topliss-reactive ketones (excluding diaryl/α,β-unsaturated/α-hetero) is 4. The van der Waals surface area contributed by atoms with Crippen LogP contribution in [-0.2, 0) is 39.6 Å². The molecule has 0 amide bonds. The summed E-state index contributed by atoms with van der Waals surface area (Å²) in [6.07, 6.45) is 7.92. The lowest BCUT2D eigenvalue weighted by Crippen LogP contribution is -2.49. The third kappa shape index (κ3) is 7.33. The predicted octanol–water partition coefficient (Wildman–Crippen LogP) is 5.41. The van der Waals surface area contributed by atoms with Crippen molar-refractivity contribution < 1.29 is 28.8 Å². The molecule has 2 aromatic carbocycles. The second-order valence-electron chi connectivity index (χ2n) is 14.2. The summed E-state index contributed by atoms with van der Waals surface area (Å²) in [5.74, 6) is -0.576. The monoisotopic (exact) mass is 626 g/mol. The van der Waals surface area contributed by atoms with Crippen molar-refractivity contribution >= 4 is 47.1 Å². The number of hydrogen-bond acceptors (Lipinski definition) is 8. The quantitative estimate of drug-likeness (QED) is 0.218. The number of ketones is 4. The number of carbonyl (C=O) groups is 6. The highest BCUT2D eigenvalue weighted by atomic mass is 16.2. The Kier molecular flexibility index (Phi) is 10.9. The summed E-state index contributed by atoms with van der Waals surface area (Å²) >= 11 is 0. The van der Waals surface area contributed by atoms with E-state index in [0.29, 0.717) is 49.4 Å². The zero-order chi connectivity index (χ0) is 34.5. The molecule has 0 atom stereocenters. The lowest BCUT2D eigenvalue weighted by Gasteiger charge is -2.39. The SMILES string of the molecule is CN(C)c1ccc(C2(/C=C/C=O)C(=O)CC(C)(C)CC2=O)cc1.CN(C)c1ccc(C2(/C=C/C=O)C(=O)CC(C)(C)CC2=O)cc1. The maximum Gasteiger partial charge on any atom is 0.155 e. The van der Waals surface area contributed by atoms with E-state index in [1.807, 2.05) is 90.0 Å². The Balaban J connectivity index is 0.000000250. The lowest BCUT2D eigenvalue weighted by atomic mass is 9.60. The van der Waals surface area contributed by atoms with Crippen molar-refractivity contribution in [3.05, 3.63) is 84.0 Å². The van der Waals surface area contributed by atoms with E-state index in [0.717, 1.165) is 11.4 Å². The molecule has 0 aromatic heterocycles. The van der Waals surface area contributed by atoms with Crippen LogP contribution in [0.25, 0.3) is 0 Å². The first kappa shape index (κ1) is 36.0. The Bertz CT molecular complexity index is 1380. The fourth-order valence-electron chi connectivity index (χ4n) is 6.35. The molecule has 8 heteroatoms. The zero-order valence-electron chi connectivity index (χ0n) is 28.3. The summed E-state index contributed by atoms with van der Waals surface area (Å²) in [6, 6.07) is 14.7. The molecule has 0 bridgehead atoms. The van der Waals surface area contributed by atoms with Crippen LogP contribution in [0.4, 0.5) is 11.4 Å². The molecule has 2 fully saturated rings. The molecule has 0 N–H and O–H groups in total. The number of rotatable bonds is 8. The van der Waals surface area contributed by atoms with E-state index >= 15 is 0 Å². The molecule has 0 unspecified atom stereocenters. The fraction of sp³-hybridized carbons (Fsp3) is 0.421. The van der Waals surface area contributed by atoms with E-state index < -0.39 is 10.8 Å². The van der Waals surface area contributed by atoms with Gasteiger partial charge >= 0.3 is 0 Å². The molecule has 2 aliphatic rings. The van der Waals surface area contributed by atoms with E-state index in [1.54, 1.807) is 24.3 Å². The second-order valence-corrected chi connectivity index (χ2v) is 14.2. The van der Waals surface area contributed by atoms with E-state index in [-0.39, 0.29) is 34.0 Å². The first-order chi connectivity index (χ1) is 21.5. The Morgan fingerprint density at radius 3 is 0.978 bits per heavy atom. The van der Waals surface area contributed by atoms with Crippen molar-refractivity contribution in [2.75, 3.05) is 38.0 Å². The Morgan fingerprint density at radius 1 is 0.500 bits per heavy atom. The van der Waals surface area contributed by atoms with E-state index in [1.165, 1.54) is 24.3 Å². The minimum atomic E-state index is -1.33. The zero-order valence-corrected chi connectivity index (χ0v) is 28.3. The lowest BCUT2D eigenvalue weighted by molar-refractivity contribution is -0.141. The van der Waals surface area contributed by atoms with Crippen LogP contribution in [0.5, 0.6) is 0 Å². The van der Waals surface area contributed by atoms with Gasteiger partial charge in [0.25, 0.3) is 0 Å². The molecule has 0 spiro atoms. The highest BCUT2D eigenvalue weighted by molar-refractivity contribution is 6.18. The van der Waals surface area contributed by atoms with E-state index in [4.69, 9.17) is 0 Å². The number of nitrogens with zero attached hydrogens (tertiary/aromatic N) is 2. The molecule has 8 nitrogen and oxygen atoms in total. The molecule has 0 aliphatic heterocycles. The van der Waals surface area contributed by atoms with Crippen LogP contribution < -0.4 is 9.80 Å². The van der Waals surface area contributed by atoms with Crippen molar-refractivity contribution in [1.29, 1.82) is 0 Å². The van der Waals surface area contributed by atoms with Crippen molar-refractivity contribution in [2.45, 2.75) is 64.2 Å². The van der Waals surface area contributed by atoms with Crippen molar-refractivity contribution in [3.8, 4) is 0 Å². The largest absolute Gasteiger partial charge is 0.378 e. The smallest absolute Gasteiger partial charge is 0.155 e. The summed E-state index contributed by atoms with van der Waals surface area (Å²) < 4.78 is 0. The van der Waals surface area contributed by atoms with E-state index in [9.17, 15) is 28.8 Å². The molecule has 0 saturated heterocycles. The summed E-state index contributed by atoms with van der Waals surface area (Å²) in [4.78, 5) is 77.0. The minimum absolute atomic E-state index is 0.144. The molecule has 244 valence electrons. The maximum absolute atomic E-state index is 12.9. The molecule has 4 rings (SSSR count). The van der Waals surface area contributed by atoms with Crippen LogP contribution in [0.3, 0.4) is 0 Å². The molecular weight excluding hydrogens is 580 g/mol. The molecule has 2 saturated carbocycles. The number of allylic oxidation sites excluding steroid dienone is 4. The number of anilines is 2. The van der Waals surface area contributed by atoms with Crippen LogP contribution in [0, 0.1) is 10.8 Å². The highest BCUT2D eigenvalue weighted by Crippen LogP contribution is 2.44. The summed E-state index contributed by atoms with van der Waals surface area (Å²) in [7, 11) is 7.71. The van der Waals surface area contributed by atoms with Gasteiger partial charge < -0.3 is 9.80 Å².